The number of rotatable bonds is 6. The van der Waals surface area contributed by atoms with Gasteiger partial charge in [0.15, 0.2) is 0 Å². The topological polar surface area (TPSA) is 109 Å². The maximum atomic E-state index is 13.2. The average molecular weight is 481 g/mol. The first-order valence-electron chi connectivity index (χ1n) is 10.2. The van der Waals surface area contributed by atoms with Crippen LogP contribution in [0.1, 0.15) is 22.9 Å². The number of carbonyl (C=O) groups excluding carboxylic acids is 2. The van der Waals surface area contributed by atoms with E-state index in [0.29, 0.717) is 17.0 Å². The number of halogens is 1. The van der Waals surface area contributed by atoms with Gasteiger partial charge in [-0.15, -0.1) is 0 Å². The fraction of sp³-hybridized carbons (Fsp3) is 0.160. The molecule has 8 nitrogen and oxygen atoms in total. The van der Waals surface area contributed by atoms with E-state index < -0.39 is 23.5 Å². The largest absolute Gasteiger partial charge is 0.508 e. The Bertz CT molecular complexity index is 1290. The molecule has 0 bridgehead atoms. The molecule has 1 amide bonds. The van der Waals surface area contributed by atoms with Crippen molar-refractivity contribution >= 4 is 29.1 Å². The molecule has 4 rings (SSSR count). The van der Waals surface area contributed by atoms with Crippen LogP contribution in [0.15, 0.2) is 66.4 Å². The molecule has 9 heteroatoms. The number of hydrogen-bond acceptors (Lipinski definition) is 7. The lowest BCUT2D eigenvalue weighted by Gasteiger charge is -2.25. The second-order valence-corrected chi connectivity index (χ2v) is 7.94. The van der Waals surface area contributed by atoms with Crippen LogP contribution in [0.5, 0.6) is 17.2 Å². The molecule has 34 heavy (non-hydrogen) atoms. The molecule has 1 unspecified atom stereocenters. The van der Waals surface area contributed by atoms with Crippen LogP contribution in [0.4, 0.5) is 0 Å². The Morgan fingerprint density at radius 2 is 1.82 bits per heavy atom. The number of phenolic OH excluding ortho intramolecular Hbond substituents is 1. The van der Waals surface area contributed by atoms with Crippen molar-refractivity contribution in [1.82, 2.24) is 9.88 Å². The Balaban J connectivity index is 1.92. The van der Waals surface area contributed by atoms with Gasteiger partial charge in [0.05, 0.1) is 48.7 Å². The standard InChI is InChI=1S/C25H21ClN2O6/c1-33-19-12-20(34-2)18(26)11-17(19)23(30)21-22(14-6-5-8-16(29)10-14)28(25(32)24(21)31)13-15-7-3-4-9-27-15/h3-12,22,29-30H,13H2,1-2H3/b23-21+. The molecule has 1 saturated heterocycles. The van der Waals surface area contributed by atoms with Crippen molar-refractivity contribution in [3.05, 3.63) is 88.2 Å². The number of amides is 1. The number of likely N-dealkylation sites (tertiary alicyclic amines) is 1. The summed E-state index contributed by atoms with van der Waals surface area (Å²) < 4.78 is 10.6. The number of aliphatic hydroxyl groups excluding tert-OH is 1. The number of pyridine rings is 1. The molecule has 2 heterocycles. The quantitative estimate of drug-likeness (QED) is 0.311. The van der Waals surface area contributed by atoms with Crippen LogP contribution in [0.25, 0.3) is 5.76 Å². The van der Waals surface area contributed by atoms with Gasteiger partial charge in [-0.3, -0.25) is 14.6 Å². The third-order valence-electron chi connectivity index (χ3n) is 5.51. The number of nitrogens with zero attached hydrogens (tertiary/aromatic N) is 2. The Morgan fingerprint density at radius 3 is 2.47 bits per heavy atom. The first kappa shape index (κ1) is 23.1. The molecular formula is C25H21ClN2O6. The van der Waals surface area contributed by atoms with Gasteiger partial charge in [0, 0.05) is 12.3 Å². The highest BCUT2D eigenvalue weighted by Gasteiger charge is 2.46. The lowest BCUT2D eigenvalue weighted by molar-refractivity contribution is -0.140. The maximum absolute atomic E-state index is 13.2. The second-order valence-electron chi connectivity index (χ2n) is 7.53. The number of aromatic hydroxyl groups is 1. The van der Waals surface area contributed by atoms with Crippen LogP contribution in [-0.2, 0) is 16.1 Å². The third kappa shape index (κ3) is 4.15. The number of carbonyl (C=O) groups is 2. The van der Waals surface area contributed by atoms with Crippen molar-refractivity contribution in [1.29, 1.82) is 0 Å². The molecule has 0 saturated carbocycles. The van der Waals surface area contributed by atoms with Gasteiger partial charge < -0.3 is 24.6 Å². The van der Waals surface area contributed by atoms with Crippen LogP contribution in [0.2, 0.25) is 5.02 Å². The molecule has 174 valence electrons. The molecule has 0 radical (unpaired) electrons. The van der Waals surface area contributed by atoms with E-state index in [1.165, 1.54) is 43.4 Å². The minimum absolute atomic E-state index is 0.0169. The normalized spacial score (nSPS) is 17.1. The van der Waals surface area contributed by atoms with Gasteiger partial charge in [-0.05, 0) is 35.9 Å². The SMILES string of the molecule is COc1cc(OC)c(/C(O)=C2\C(=O)C(=O)N(Cc3ccccn3)C2c2cccc(O)c2)cc1Cl. The summed E-state index contributed by atoms with van der Waals surface area (Å²) in [5.41, 5.74) is 0.954. The number of aliphatic hydroxyl groups is 1. The number of hydrogen-bond donors (Lipinski definition) is 2. The van der Waals surface area contributed by atoms with Crippen LogP contribution >= 0.6 is 11.6 Å². The first-order chi connectivity index (χ1) is 16.3. The summed E-state index contributed by atoms with van der Waals surface area (Å²) in [5.74, 6) is -1.68. The summed E-state index contributed by atoms with van der Waals surface area (Å²) in [6.45, 7) is 0.0169. The summed E-state index contributed by atoms with van der Waals surface area (Å²) in [5, 5.41) is 21.6. The number of benzene rings is 2. The van der Waals surface area contributed by atoms with Crippen molar-refractivity contribution in [2.45, 2.75) is 12.6 Å². The van der Waals surface area contributed by atoms with Crippen molar-refractivity contribution in [2.24, 2.45) is 0 Å². The minimum Gasteiger partial charge on any atom is -0.508 e. The zero-order valence-corrected chi connectivity index (χ0v) is 19.1. The van der Waals surface area contributed by atoms with E-state index in [1.54, 1.807) is 36.5 Å². The van der Waals surface area contributed by atoms with Gasteiger partial charge in [-0.1, -0.05) is 29.8 Å². The highest BCUT2D eigenvalue weighted by molar-refractivity contribution is 6.46. The third-order valence-corrected chi connectivity index (χ3v) is 5.81. The molecule has 2 N–H and O–H groups in total. The molecule has 1 aliphatic heterocycles. The maximum Gasteiger partial charge on any atom is 0.296 e. The fourth-order valence-electron chi connectivity index (χ4n) is 3.94. The number of aromatic nitrogens is 1. The van der Waals surface area contributed by atoms with Gasteiger partial charge in [-0.25, -0.2) is 0 Å². The van der Waals surface area contributed by atoms with Gasteiger partial charge >= 0.3 is 0 Å². The Morgan fingerprint density at radius 1 is 1.06 bits per heavy atom. The molecule has 2 aromatic carbocycles. The molecule has 1 aliphatic rings. The number of Topliss-reactive ketones (excluding diaryl/α,β-unsaturated/α-hetero) is 1. The Hall–Kier alpha value is -4.04. The molecule has 1 atom stereocenters. The number of phenols is 1. The van der Waals surface area contributed by atoms with E-state index in [2.05, 4.69) is 4.98 Å². The van der Waals surface area contributed by atoms with Crippen LogP contribution in [-0.4, -0.2) is 46.0 Å². The number of ether oxygens (including phenoxy) is 2. The van der Waals surface area contributed by atoms with E-state index in [9.17, 15) is 19.8 Å². The van der Waals surface area contributed by atoms with E-state index in [-0.39, 0.29) is 34.2 Å². The van der Waals surface area contributed by atoms with E-state index in [0.717, 1.165) is 0 Å². The van der Waals surface area contributed by atoms with Gasteiger partial charge in [0.2, 0.25) is 0 Å². The van der Waals surface area contributed by atoms with Crippen LogP contribution < -0.4 is 9.47 Å². The zero-order valence-electron chi connectivity index (χ0n) is 18.4. The van der Waals surface area contributed by atoms with Gasteiger partial charge in [-0.2, -0.15) is 0 Å². The van der Waals surface area contributed by atoms with E-state index >= 15 is 0 Å². The predicted molar refractivity (Wildman–Crippen MR) is 125 cm³/mol. The van der Waals surface area contributed by atoms with Crippen molar-refractivity contribution in [2.75, 3.05) is 14.2 Å². The van der Waals surface area contributed by atoms with E-state index in [1.807, 2.05) is 0 Å². The zero-order chi connectivity index (χ0) is 24.4. The highest BCUT2D eigenvalue weighted by atomic mass is 35.5. The second kappa shape index (κ2) is 9.44. The smallest absolute Gasteiger partial charge is 0.296 e. The summed E-state index contributed by atoms with van der Waals surface area (Å²) in [4.78, 5) is 31.9. The lowest BCUT2D eigenvalue weighted by atomic mass is 9.94. The minimum atomic E-state index is -0.986. The molecular weight excluding hydrogens is 460 g/mol. The molecule has 3 aromatic rings. The Labute approximate surface area is 200 Å². The van der Waals surface area contributed by atoms with E-state index in [4.69, 9.17) is 21.1 Å². The highest BCUT2D eigenvalue weighted by Crippen LogP contribution is 2.43. The monoisotopic (exact) mass is 480 g/mol. The summed E-state index contributed by atoms with van der Waals surface area (Å²) in [6.07, 6.45) is 1.58. The summed E-state index contributed by atoms with van der Waals surface area (Å²) in [7, 11) is 2.83. The molecule has 1 fully saturated rings. The van der Waals surface area contributed by atoms with Crippen molar-refractivity contribution < 1.29 is 29.3 Å². The Kier molecular flexibility index (Phi) is 6.43. The number of methoxy groups -OCH3 is 2. The fourth-order valence-corrected chi connectivity index (χ4v) is 4.18. The van der Waals surface area contributed by atoms with Crippen LogP contribution in [0.3, 0.4) is 0 Å². The van der Waals surface area contributed by atoms with Gasteiger partial charge in [0.25, 0.3) is 11.7 Å². The summed E-state index contributed by atoms with van der Waals surface area (Å²) >= 11 is 6.27. The lowest BCUT2D eigenvalue weighted by Crippen LogP contribution is -2.29. The predicted octanol–water partition coefficient (Wildman–Crippen LogP) is 4.08. The molecule has 0 aliphatic carbocycles. The number of ketones is 1. The van der Waals surface area contributed by atoms with Crippen molar-refractivity contribution in [3.63, 3.8) is 0 Å². The summed E-state index contributed by atoms with van der Waals surface area (Å²) in [6, 6.07) is 13.3. The van der Waals surface area contributed by atoms with Gasteiger partial charge in [0.1, 0.15) is 23.0 Å². The van der Waals surface area contributed by atoms with Crippen molar-refractivity contribution in [3.8, 4) is 17.2 Å². The first-order valence-corrected chi connectivity index (χ1v) is 10.6. The van der Waals surface area contributed by atoms with Crippen LogP contribution in [0, 0.1) is 0 Å². The average Bonchev–Trinajstić information content (AvgIpc) is 3.09. The molecule has 1 aromatic heterocycles. The molecule has 0 spiro atoms.